The molecule has 0 radical (unpaired) electrons. The minimum absolute atomic E-state index is 0.413. The van der Waals surface area contributed by atoms with Crippen LogP contribution < -0.4 is 5.32 Å². The van der Waals surface area contributed by atoms with E-state index in [0.717, 1.165) is 13.2 Å². The number of nitrogens with one attached hydrogen (secondary N) is 1. The lowest BCUT2D eigenvalue weighted by atomic mass is 10.2. The highest BCUT2D eigenvalue weighted by Gasteiger charge is 2.14. The Morgan fingerprint density at radius 3 is 3.14 bits per heavy atom. The molecule has 0 aromatic heterocycles. The van der Waals surface area contributed by atoms with E-state index in [4.69, 9.17) is 4.74 Å². The summed E-state index contributed by atoms with van der Waals surface area (Å²) in [6.07, 6.45) is 2.81. The Labute approximate surface area is 85.3 Å². The number of hydrogen-bond acceptors (Lipinski definition) is 2. The molecule has 0 amide bonds. The third-order valence-electron chi connectivity index (χ3n) is 2.58. The van der Waals surface area contributed by atoms with Crippen LogP contribution in [0.5, 0.6) is 0 Å². The summed E-state index contributed by atoms with van der Waals surface area (Å²) in [7, 11) is 0. The van der Waals surface area contributed by atoms with Crippen molar-refractivity contribution in [2.45, 2.75) is 25.9 Å². The maximum Gasteiger partial charge on any atom is 0.0748 e. The molecule has 1 heterocycles. The molecule has 2 rings (SSSR count). The number of aryl methyl sites for hydroxylation is 1. The molecule has 2 nitrogen and oxygen atoms in total. The van der Waals surface area contributed by atoms with E-state index in [2.05, 4.69) is 36.5 Å². The van der Waals surface area contributed by atoms with E-state index in [1.54, 1.807) is 0 Å². The lowest BCUT2D eigenvalue weighted by molar-refractivity contribution is 0.120. The Morgan fingerprint density at radius 1 is 1.50 bits per heavy atom. The molecule has 1 aromatic carbocycles. The van der Waals surface area contributed by atoms with Crippen molar-refractivity contribution in [3.8, 4) is 0 Å². The molecule has 0 aliphatic carbocycles. The molecule has 0 unspecified atom stereocenters. The summed E-state index contributed by atoms with van der Waals surface area (Å²) in [5.41, 5.74) is 2.49. The van der Waals surface area contributed by atoms with Gasteiger partial charge >= 0.3 is 0 Å². The first-order chi connectivity index (χ1) is 6.84. The summed E-state index contributed by atoms with van der Waals surface area (Å²) >= 11 is 0. The molecular formula is C12H17NO. The van der Waals surface area contributed by atoms with Gasteiger partial charge in [0.05, 0.1) is 6.10 Å². The van der Waals surface area contributed by atoms with Gasteiger partial charge in [0.15, 0.2) is 0 Å². The highest BCUT2D eigenvalue weighted by molar-refractivity contribution is 5.45. The maximum absolute atomic E-state index is 5.54. The lowest BCUT2D eigenvalue weighted by Gasteiger charge is -2.12. The molecular weight excluding hydrogens is 174 g/mol. The van der Waals surface area contributed by atoms with Crippen LogP contribution in [0.15, 0.2) is 24.3 Å². The number of anilines is 1. The van der Waals surface area contributed by atoms with Crippen molar-refractivity contribution in [1.29, 1.82) is 0 Å². The molecule has 1 N–H and O–H groups in total. The number of benzene rings is 1. The molecule has 2 heteroatoms. The Balaban J connectivity index is 1.85. The van der Waals surface area contributed by atoms with Gasteiger partial charge in [0.25, 0.3) is 0 Å². The van der Waals surface area contributed by atoms with Crippen LogP contribution in [0, 0.1) is 6.92 Å². The summed E-state index contributed by atoms with van der Waals surface area (Å²) in [5.74, 6) is 0. The van der Waals surface area contributed by atoms with Crippen molar-refractivity contribution in [1.82, 2.24) is 0 Å². The average molecular weight is 191 g/mol. The monoisotopic (exact) mass is 191 g/mol. The normalized spacial score (nSPS) is 21.1. The fraction of sp³-hybridized carbons (Fsp3) is 0.500. The molecule has 1 saturated heterocycles. The number of ether oxygens (including phenoxy) is 1. The molecule has 1 fully saturated rings. The van der Waals surface area contributed by atoms with E-state index in [9.17, 15) is 0 Å². The van der Waals surface area contributed by atoms with E-state index < -0.39 is 0 Å². The first-order valence-electron chi connectivity index (χ1n) is 5.27. The minimum atomic E-state index is 0.413. The molecule has 1 atom stereocenters. The van der Waals surface area contributed by atoms with E-state index >= 15 is 0 Å². The van der Waals surface area contributed by atoms with Gasteiger partial charge in [0.1, 0.15) is 0 Å². The predicted octanol–water partition coefficient (Wildman–Crippen LogP) is 2.59. The van der Waals surface area contributed by atoms with Gasteiger partial charge in [0, 0.05) is 18.8 Å². The third kappa shape index (κ3) is 2.48. The summed E-state index contributed by atoms with van der Waals surface area (Å²) in [4.78, 5) is 0. The van der Waals surface area contributed by atoms with Crippen LogP contribution in [0.3, 0.4) is 0 Å². The quantitative estimate of drug-likeness (QED) is 0.793. The zero-order valence-corrected chi connectivity index (χ0v) is 8.62. The van der Waals surface area contributed by atoms with Gasteiger partial charge in [-0.25, -0.2) is 0 Å². The van der Waals surface area contributed by atoms with Crippen LogP contribution in [0.4, 0.5) is 5.69 Å². The average Bonchev–Trinajstić information content (AvgIpc) is 2.67. The zero-order valence-electron chi connectivity index (χ0n) is 8.62. The van der Waals surface area contributed by atoms with Crippen molar-refractivity contribution in [3.05, 3.63) is 29.8 Å². The molecule has 76 valence electrons. The fourth-order valence-corrected chi connectivity index (χ4v) is 1.79. The Bertz CT molecular complexity index is 292. The van der Waals surface area contributed by atoms with Crippen LogP contribution >= 0.6 is 0 Å². The lowest BCUT2D eigenvalue weighted by Crippen LogP contribution is -2.18. The predicted molar refractivity (Wildman–Crippen MR) is 58.6 cm³/mol. The third-order valence-corrected chi connectivity index (χ3v) is 2.58. The van der Waals surface area contributed by atoms with Gasteiger partial charge in [-0.2, -0.15) is 0 Å². The van der Waals surface area contributed by atoms with Crippen LogP contribution in [-0.4, -0.2) is 19.3 Å². The molecule has 0 bridgehead atoms. The van der Waals surface area contributed by atoms with Gasteiger partial charge in [-0.3, -0.25) is 0 Å². The number of hydrogen-bond donors (Lipinski definition) is 1. The summed E-state index contributed by atoms with van der Waals surface area (Å²) < 4.78 is 5.54. The van der Waals surface area contributed by atoms with Crippen molar-refractivity contribution >= 4 is 5.69 Å². The summed E-state index contributed by atoms with van der Waals surface area (Å²) in [6.45, 7) is 3.97. The van der Waals surface area contributed by atoms with Gasteiger partial charge in [-0.1, -0.05) is 12.1 Å². The first kappa shape index (κ1) is 9.53. The maximum atomic E-state index is 5.54. The zero-order chi connectivity index (χ0) is 9.80. The van der Waals surface area contributed by atoms with Crippen LogP contribution in [0.1, 0.15) is 18.4 Å². The Morgan fingerprint density at radius 2 is 2.43 bits per heavy atom. The van der Waals surface area contributed by atoms with Gasteiger partial charge in [-0.15, -0.1) is 0 Å². The van der Waals surface area contributed by atoms with Gasteiger partial charge in [-0.05, 0) is 37.5 Å². The molecule has 1 aliphatic rings. The minimum Gasteiger partial charge on any atom is -0.382 e. The summed E-state index contributed by atoms with van der Waals surface area (Å²) in [5, 5.41) is 3.40. The molecule has 1 aromatic rings. The second kappa shape index (κ2) is 4.47. The van der Waals surface area contributed by atoms with Crippen LogP contribution in [0.2, 0.25) is 0 Å². The Hall–Kier alpha value is -1.02. The second-order valence-corrected chi connectivity index (χ2v) is 3.89. The van der Waals surface area contributed by atoms with E-state index in [1.165, 1.54) is 24.1 Å². The molecule has 14 heavy (non-hydrogen) atoms. The van der Waals surface area contributed by atoms with Crippen molar-refractivity contribution in [2.75, 3.05) is 18.5 Å². The number of rotatable bonds is 3. The molecule has 0 spiro atoms. The smallest absolute Gasteiger partial charge is 0.0748 e. The molecule has 0 saturated carbocycles. The molecule has 1 aliphatic heterocycles. The van der Waals surface area contributed by atoms with Crippen molar-refractivity contribution in [3.63, 3.8) is 0 Å². The SMILES string of the molecule is Cc1cccc(NC[C@@H]2CCCO2)c1. The fourth-order valence-electron chi connectivity index (χ4n) is 1.79. The van der Waals surface area contributed by atoms with Crippen LogP contribution in [0.25, 0.3) is 0 Å². The van der Waals surface area contributed by atoms with E-state index in [-0.39, 0.29) is 0 Å². The van der Waals surface area contributed by atoms with Gasteiger partial charge < -0.3 is 10.1 Å². The first-order valence-corrected chi connectivity index (χ1v) is 5.27. The Kier molecular flexibility index (Phi) is 3.04. The largest absolute Gasteiger partial charge is 0.382 e. The van der Waals surface area contributed by atoms with E-state index in [0.29, 0.717) is 6.10 Å². The summed E-state index contributed by atoms with van der Waals surface area (Å²) in [6, 6.07) is 8.45. The van der Waals surface area contributed by atoms with Crippen molar-refractivity contribution < 1.29 is 4.74 Å². The van der Waals surface area contributed by atoms with E-state index in [1.807, 2.05) is 0 Å². The van der Waals surface area contributed by atoms with Gasteiger partial charge in [0.2, 0.25) is 0 Å². The topological polar surface area (TPSA) is 21.3 Å². The second-order valence-electron chi connectivity index (χ2n) is 3.89. The van der Waals surface area contributed by atoms with Crippen molar-refractivity contribution in [2.24, 2.45) is 0 Å². The standard InChI is InChI=1S/C12H17NO/c1-10-4-2-5-11(8-10)13-9-12-6-3-7-14-12/h2,4-5,8,12-13H,3,6-7,9H2,1H3/t12-/m0/s1. The highest BCUT2D eigenvalue weighted by atomic mass is 16.5. The van der Waals surface area contributed by atoms with Crippen LogP contribution in [-0.2, 0) is 4.74 Å². The highest BCUT2D eigenvalue weighted by Crippen LogP contribution is 2.14.